The minimum atomic E-state index is 0.104. The molecule has 1 amide bonds. The number of hydrogen-bond acceptors (Lipinski definition) is 4. The third-order valence-corrected chi connectivity index (χ3v) is 5.89. The Kier molecular flexibility index (Phi) is 4.19. The van der Waals surface area contributed by atoms with Crippen molar-refractivity contribution in [2.45, 2.75) is 25.8 Å². The third-order valence-electron chi connectivity index (χ3n) is 5.89. The van der Waals surface area contributed by atoms with Gasteiger partial charge in [-0.25, -0.2) is 4.98 Å². The highest BCUT2D eigenvalue weighted by atomic mass is 16.5. The van der Waals surface area contributed by atoms with E-state index in [9.17, 15) is 4.79 Å². The molecular formula is C22H24N4O2. The van der Waals surface area contributed by atoms with Crippen LogP contribution in [0.15, 0.2) is 36.5 Å². The molecule has 1 fully saturated rings. The van der Waals surface area contributed by atoms with Gasteiger partial charge in [-0.3, -0.25) is 4.79 Å². The standard InChI is InChI=1S/C22H24N4O2/c1-28-15-6-7-19-17(13-15)18-14-26(12-8-20(18)24-19)21-16(5-4-9-23-21)22(27)25-10-2-3-11-25/h4-7,9,13,24H,2-3,8,10-12,14H2,1H3. The fourth-order valence-corrected chi connectivity index (χ4v) is 4.41. The zero-order valence-electron chi connectivity index (χ0n) is 16.1. The fraction of sp³-hybridized carbons (Fsp3) is 0.364. The van der Waals surface area contributed by atoms with Crippen LogP contribution in [0.2, 0.25) is 0 Å². The van der Waals surface area contributed by atoms with E-state index in [4.69, 9.17) is 4.74 Å². The van der Waals surface area contributed by atoms with Crippen LogP contribution in [0.5, 0.6) is 5.75 Å². The maximum atomic E-state index is 13.0. The van der Waals surface area contributed by atoms with Gasteiger partial charge in [-0.15, -0.1) is 0 Å². The lowest BCUT2D eigenvalue weighted by atomic mass is 10.0. The second-order valence-electron chi connectivity index (χ2n) is 7.54. The topological polar surface area (TPSA) is 61.5 Å². The van der Waals surface area contributed by atoms with Gasteiger partial charge in [-0.1, -0.05) is 0 Å². The lowest BCUT2D eigenvalue weighted by Gasteiger charge is -2.30. The molecule has 0 bridgehead atoms. The zero-order chi connectivity index (χ0) is 19.1. The Hall–Kier alpha value is -3.02. The van der Waals surface area contributed by atoms with Crippen LogP contribution in [0.25, 0.3) is 10.9 Å². The van der Waals surface area contributed by atoms with Crippen molar-refractivity contribution in [3.8, 4) is 5.75 Å². The lowest BCUT2D eigenvalue weighted by molar-refractivity contribution is 0.0793. The van der Waals surface area contributed by atoms with Crippen LogP contribution in [0, 0.1) is 0 Å². The molecule has 1 saturated heterocycles. The first-order valence-electron chi connectivity index (χ1n) is 9.91. The first-order chi connectivity index (χ1) is 13.7. The summed E-state index contributed by atoms with van der Waals surface area (Å²) in [7, 11) is 1.69. The van der Waals surface area contributed by atoms with Gasteiger partial charge in [0.15, 0.2) is 0 Å². The summed E-state index contributed by atoms with van der Waals surface area (Å²) < 4.78 is 5.41. The van der Waals surface area contributed by atoms with Gasteiger partial charge in [0.25, 0.3) is 5.91 Å². The number of amides is 1. The molecule has 0 saturated carbocycles. The molecule has 2 aromatic heterocycles. The first-order valence-corrected chi connectivity index (χ1v) is 9.91. The Morgan fingerprint density at radius 1 is 1.18 bits per heavy atom. The number of nitrogens with zero attached hydrogens (tertiary/aromatic N) is 3. The van der Waals surface area contributed by atoms with E-state index < -0.39 is 0 Å². The second-order valence-corrected chi connectivity index (χ2v) is 7.54. The van der Waals surface area contributed by atoms with Crippen LogP contribution >= 0.6 is 0 Å². The van der Waals surface area contributed by atoms with Crippen molar-refractivity contribution < 1.29 is 9.53 Å². The molecule has 0 unspecified atom stereocenters. The molecule has 2 aliphatic heterocycles. The second kappa shape index (κ2) is 6.86. The number of nitrogens with one attached hydrogen (secondary N) is 1. The quantitative estimate of drug-likeness (QED) is 0.761. The molecule has 1 aromatic carbocycles. The highest BCUT2D eigenvalue weighted by Gasteiger charge is 2.27. The molecule has 0 radical (unpaired) electrons. The number of carbonyl (C=O) groups is 1. The number of methoxy groups -OCH3 is 1. The van der Waals surface area contributed by atoms with E-state index in [1.807, 2.05) is 23.1 Å². The zero-order valence-corrected chi connectivity index (χ0v) is 16.1. The van der Waals surface area contributed by atoms with Gasteiger partial charge in [-0.2, -0.15) is 0 Å². The van der Waals surface area contributed by atoms with Crippen molar-refractivity contribution in [2.75, 3.05) is 31.6 Å². The molecular weight excluding hydrogens is 352 g/mol. The van der Waals surface area contributed by atoms with E-state index in [1.165, 1.54) is 16.6 Å². The smallest absolute Gasteiger partial charge is 0.257 e. The maximum Gasteiger partial charge on any atom is 0.257 e. The van der Waals surface area contributed by atoms with Crippen LogP contribution in [-0.4, -0.2) is 47.5 Å². The van der Waals surface area contributed by atoms with Gasteiger partial charge in [0.05, 0.1) is 12.7 Å². The molecule has 144 valence electrons. The number of H-pyrrole nitrogens is 1. The fourth-order valence-electron chi connectivity index (χ4n) is 4.41. The molecule has 3 aromatic rings. The molecule has 1 N–H and O–H groups in total. The van der Waals surface area contributed by atoms with Crippen molar-refractivity contribution in [1.29, 1.82) is 0 Å². The average Bonchev–Trinajstić information content (AvgIpc) is 3.40. The van der Waals surface area contributed by atoms with Crippen molar-refractivity contribution in [3.05, 3.63) is 53.3 Å². The van der Waals surface area contributed by atoms with Gasteiger partial charge in [0.1, 0.15) is 11.6 Å². The third kappa shape index (κ3) is 2.80. The molecule has 0 spiro atoms. The predicted molar refractivity (Wildman–Crippen MR) is 109 cm³/mol. The monoisotopic (exact) mass is 376 g/mol. The summed E-state index contributed by atoms with van der Waals surface area (Å²) in [4.78, 5) is 25.4. The minimum absolute atomic E-state index is 0.104. The van der Waals surface area contributed by atoms with Gasteiger partial charge in [0.2, 0.25) is 0 Å². The summed E-state index contributed by atoms with van der Waals surface area (Å²) in [6.07, 6.45) is 4.86. The van der Waals surface area contributed by atoms with Crippen molar-refractivity contribution in [2.24, 2.45) is 0 Å². The SMILES string of the molecule is COc1ccc2[nH]c3c(c2c1)CN(c1ncccc1C(=O)N1CCCC1)CC3. The normalized spacial score (nSPS) is 16.5. The number of hydrogen-bond donors (Lipinski definition) is 1. The summed E-state index contributed by atoms with van der Waals surface area (Å²) >= 11 is 0. The number of anilines is 1. The average molecular weight is 376 g/mol. The first kappa shape index (κ1) is 17.1. The Bertz CT molecular complexity index is 1040. The van der Waals surface area contributed by atoms with E-state index in [2.05, 4.69) is 27.0 Å². The van der Waals surface area contributed by atoms with E-state index >= 15 is 0 Å². The Morgan fingerprint density at radius 2 is 2.04 bits per heavy atom. The number of aromatic nitrogens is 2. The maximum absolute atomic E-state index is 13.0. The summed E-state index contributed by atoms with van der Waals surface area (Å²) in [5.41, 5.74) is 4.38. The Labute approximate surface area is 164 Å². The van der Waals surface area contributed by atoms with Crippen LogP contribution in [-0.2, 0) is 13.0 Å². The van der Waals surface area contributed by atoms with Crippen LogP contribution in [0.4, 0.5) is 5.82 Å². The van der Waals surface area contributed by atoms with Crippen molar-refractivity contribution >= 4 is 22.6 Å². The summed E-state index contributed by atoms with van der Waals surface area (Å²) in [6, 6.07) is 9.91. The van der Waals surface area contributed by atoms with Crippen molar-refractivity contribution in [1.82, 2.24) is 14.9 Å². The molecule has 28 heavy (non-hydrogen) atoms. The number of aromatic amines is 1. The molecule has 2 aliphatic rings. The van der Waals surface area contributed by atoms with E-state index in [-0.39, 0.29) is 5.91 Å². The molecule has 5 rings (SSSR count). The summed E-state index contributed by atoms with van der Waals surface area (Å²) in [5.74, 6) is 1.75. The number of ether oxygens (including phenoxy) is 1. The molecule has 4 heterocycles. The van der Waals surface area contributed by atoms with Crippen molar-refractivity contribution in [3.63, 3.8) is 0 Å². The van der Waals surface area contributed by atoms with Gasteiger partial charge in [-0.05, 0) is 43.2 Å². The number of rotatable bonds is 3. The Morgan fingerprint density at radius 3 is 2.86 bits per heavy atom. The number of carbonyl (C=O) groups excluding carboxylic acids is 1. The molecule has 6 nitrogen and oxygen atoms in total. The number of fused-ring (bicyclic) bond motifs is 3. The van der Waals surface area contributed by atoms with E-state index in [0.29, 0.717) is 5.56 Å². The number of likely N-dealkylation sites (tertiary alicyclic amines) is 1. The van der Waals surface area contributed by atoms with E-state index in [0.717, 1.165) is 62.5 Å². The Balaban J connectivity index is 1.50. The van der Waals surface area contributed by atoms with Gasteiger partial charge in [0, 0.05) is 61.0 Å². The minimum Gasteiger partial charge on any atom is -0.497 e. The summed E-state index contributed by atoms with van der Waals surface area (Å²) in [6.45, 7) is 3.27. The predicted octanol–water partition coefficient (Wildman–Crippen LogP) is 3.37. The highest BCUT2D eigenvalue weighted by Crippen LogP contribution is 2.33. The van der Waals surface area contributed by atoms with Crippen LogP contribution in [0.1, 0.15) is 34.5 Å². The highest BCUT2D eigenvalue weighted by molar-refractivity contribution is 5.99. The van der Waals surface area contributed by atoms with E-state index in [1.54, 1.807) is 13.3 Å². The van der Waals surface area contributed by atoms with Crippen LogP contribution in [0.3, 0.4) is 0 Å². The molecule has 0 aliphatic carbocycles. The van der Waals surface area contributed by atoms with Crippen LogP contribution < -0.4 is 9.64 Å². The lowest BCUT2D eigenvalue weighted by Crippen LogP contribution is -2.34. The van der Waals surface area contributed by atoms with Gasteiger partial charge >= 0.3 is 0 Å². The molecule has 6 heteroatoms. The molecule has 0 atom stereocenters. The van der Waals surface area contributed by atoms with Gasteiger partial charge < -0.3 is 19.5 Å². The number of pyridine rings is 1. The number of benzene rings is 1. The largest absolute Gasteiger partial charge is 0.497 e. The summed E-state index contributed by atoms with van der Waals surface area (Å²) in [5, 5.41) is 1.18.